The SMILES string of the molecule is CC1(C)C(=O)N(CCS(C)(=O)=O)C2=CC(NC(=O)c3ccncc3F)=CCC21. The number of aromatic nitrogens is 1. The van der Waals surface area contributed by atoms with Crippen molar-refractivity contribution in [3.8, 4) is 0 Å². The van der Waals surface area contributed by atoms with E-state index in [9.17, 15) is 22.4 Å². The Morgan fingerprint density at radius 1 is 1.43 bits per heavy atom. The Bertz CT molecular complexity index is 998. The molecule has 1 unspecified atom stereocenters. The van der Waals surface area contributed by atoms with Crippen molar-refractivity contribution in [3.63, 3.8) is 0 Å². The number of nitrogens with one attached hydrogen (secondary N) is 1. The van der Waals surface area contributed by atoms with Crippen LogP contribution in [0.2, 0.25) is 0 Å². The molecule has 0 bridgehead atoms. The minimum absolute atomic E-state index is 0.0592. The fourth-order valence-corrected chi connectivity index (χ4v) is 4.08. The van der Waals surface area contributed by atoms with Crippen molar-refractivity contribution >= 4 is 21.7 Å². The van der Waals surface area contributed by atoms with E-state index in [2.05, 4.69) is 10.3 Å². The molecule has 1 aliphatic heterocycles. The van der Waals surface area contributed by atoms with Gasteiger partial charge >= 0.3 is 0 Å². The number of sulfone groups is 1. The van der Waals surface area contributed by atoms with E-state index in [1.54, 1.807) is 12.2 Å². The van der Waals surface area contributed by atoms with E-state index in [0.29, 0.717) is 17.8 Å². The highest BCUT2D eigenvalue weighted by atomic mass is 32.2. The summed E-state index contributed by atoms with van der Waals surface area (Å²) in [4.78, 5) is 30.3. The number of pyridine rings is 1. The van der Waals surface area contributed by atoms with Crippen molar-refractivity contribution in [1.29, 1.82) is 0 Å². The van der Waals surface area contributed by atoms with Crippen molar-refractivity contribution in [1.82, 2.24) is 15.2 Å². The Kier molecular flexibility index (Phi) is 5.14. The van der Waals surface area contributed by atoms with Crippen LogP contribution in [0.5, 0.6) is 0 Å². The molecule has 2 aliphatic rings. The van der Waals surface area contributed by atoms with E-state index in [4.69, 9.17) is 0 Å². The molecule has 2 amide bonds. The van der Waals surface area contributed by atoms with Crippen molar-refractivity contribution in [3.05, 3.63) is 53.4 Å². The molecule has 1 aromatic rings. The summed E-state index contributed by atoms with van der Waals surface area (Å²) in [6.07, 6.45) is 7.38. The third-order valence-electron chi connectivity index (χ3n) is 5.17. The Balaban J connectivity index is 1.85. The van der Waals surface area contributed by atoms with Gasteiger partial charge in [-0.15, -0.1) is 0 Å². The van der Waals surface area contributed by atoms with Crippen LogP contribution < -0.4 is 5.32 Å². The second-order valence-electron chi connectivity index (χ2n) is 7.63. The highest BCUT2D eigenvalue weighted by Gasteiger charge is 2.50. The quantitative estimate of drug-likeness (QED) is 0.801. The molecule has 3 rings (SSSR count). The van der Waals surface area contributed by atoms with E-state index in [1.165, 1.54) is 17.2 Å². The topological polar surface area (TPSA) is 96.4 Å². The molecule has 28 heavy (non-hydrogen) atoms. The summed E-state index contributed by atoms with van der Waals surface area (Å²) < 4.78 is 36.9. The van der Waals surface area contributed by atoms with Gasteiger partial charge in [0.1, 0.15) is 9.84 Å². The summed E-state index contributed by atoms with van der Waals surface area (Å²) in [7, 11) is -3.24. The molecule has 1 aliphatic carbocycles. The molecule has 2 heterocycles. The van der Waals surface area contributed by atoms with Crippen molar-refractivity contribution < 1.29 is 22.4 Å². The van der Waals surface area contributed by atoms with Gasteiger partial charge in [-0.05, 0) is 18.6 Å². The van der Waals surface area contributed by atoms with Crippen LogP contribution in [0.15, 0.2) is 42.0 Å². The summed E-state index contributed by atoms with van der Waals surface area (Å²) >= 11 is 0. The highest BCUT2D eigenvalue weighted by Crippen LogP contribution is 2.47. The molecule has 1 aromatic heterocycles. The number of carbonyl (C=O) groups excluding carboxylic acids is 2. The lowest BCUT2D eigenvalue weighted by atomic mass is 9.76. The van der Waals surface area contributed by atoms with Crippen molar-refractivity contribution in [2.75, 3.05) is 18.6 Å². The standard InChI is InChI=1S/C19H22FN3O4S/c1-19(2)14-5-4-12(22-17(24)13-6-7-21-11-15(13)20)10-16(14)23(18(19)25)8-9-28(3,26)27/h4,6-7,10-11,14H,5,8-9H2,1-3H3,(H,22,24). The Labute approximate surface area is 163 Å². The lowest BCUT2D eigenvalue weighted by Crippen LogP contribution is -2.34. The smallest absolute Gasteiger partial charge is 0.258 e. The number of hydrogen-bond donors (Lipinski definition) is 1. The number of nitrogens with zero attached hydrogens (tertiary/aromatic N) is 2. The molecule has 1 atom stereocenters. The minimum atomic E-state index is -3.24. The lowest BCUT2D eigenvalue weighted by molar-refractivity contribution is -0.134. The fraction of sp³-hybridized carbons (Fsp3) is 0.421. The molecule has 1 N–H and O–H groups in total. The summed E-state index contributed by atoms with van der Waals surface area (Å²) in [6.45, 7) is 3.72. The molecule has 7 nitrogen and oxygen atoms in total. The zero-order chi connectivity index (χ0) is 20.7. The number of carbonyl (C=O) groups is 2. The molecular weight excluding hydrogens is 385 g/mol. The van der Waals surface area contributed by atoms with Crippen LogP contribution in [-0.4, -0.2) is 48.7 Å². The number of allylic oxidation sites excluding steroid dienone is 3. The highest BCUT2D eigenvalue weighted by molar-refractivity contribution is 7.90. The number of likely N-dealkylation sites (tertiary alicyclic amines) is 1. The zero-order valence-corrected chi connectivity index (χ0v) is 16.7. The number of halogens is 1. The Morgan fingerprint density at radius 3 is 2.79 bits per heavy atom. The normalized spacial score (nSPS) is 21.1. The predicted molar refractivity (Wildman–Crippen MR) is 101 cm³/mol. The van der Waals surface area contributed by atoms with Crippen LogP contribution in [0, 0.1) is 17.2 Å². The third kappa shape index (κ3) is 3.84. The van der Waals surface area contributed by atoms with Gasteiger partial charge in [0, 0.05) is 36.3 Å². The predicted octanol–water partition coefficient (Wildman–Crippen LogP) is 1.65. The largest absolute Gasteiger partial charge is 0.322 e. The van der Waals surface area contributed by atoms with E-state index in [-0.39, 0.29) is 29.7 Å². The molecule has 0 aromatic carbocycles. The van der Waals surface area contributed by atoms with Crippen LogP contribution in [0.3, 0.4) is 0 Å². The van der Waals surface area contributed by atoms with Gasteiger partial charge in [0.15, 0.2) is 5.82 Å². The fourth-order valence-electron chi connectivity index (χ4n) is 3.56. The van der Waals surface area contributed by atoms with E-state index < -0.39 is 27.0 Å². The first-order valence-electron chi connectivity index (χ1n) is 8.83. The first-order valence-corrected chi connectivity index (χ1v) is 10.9. The first kappa shape index (κ1) is 20.2. The van der Waals surface area contributed by atoms with Crippen molar-refractivity contribution in [2.24, 2.45) is 11.3 Å². The van der Waals surface area contributed by atoms with Gasteiger partial charge in [0.05, 0.1) is 22.9 Å². The van der Waals surface area contributed by atoms with Crippen LogP contribution in [0.25, 0.3) is 0 Å². The first-order chi connectivity index (χ1) is 13.0. The average Bonchev–Trinajstić information content (AvgIpc) is 2.79. The summed E-state index contributed by atoms with van der Waals surface area (Å²) in [5, 5.41) is 2.65. The molecule has 9 heteroatoms. The van der Waals surface area contributed by atoms with Crippen molar-refractivity contribution in [2.45, 2.75) is 20.3 Å². The van der Waals surface area contributed by atoms with Gasteiger partial charge in [-0.3, -0.25) is 14.6 Å². The molecule has 1 saturated heterocycles. The maximum absolute atomic E-state index is 13.8. The van der Waals surface area contributed by atoms with E-state index in [1.807, 2.05) is 13.8 Å². The molecule has 150 valence electrons. The van der Waals surface area contributed by atoms with E-state index in [0.717, 1.165) is 12.5 Å². The Hall–Kier alpha value is -2.55. The van der Waals surface area contributed by atoms with Crippen LogP contribution in [0.1, 0.15) is 30.6 Å². The second-order valence-corrected chi connectivity index (χ2v) is 9.89. The summed E-state index contributed by atoms with van der Waals surface area (Å²) in [5.74, 6) is -1.75. The van der Waals surface area contributed by atoms with E-state index >= 15 is 0 Å². The maximum atomic E-state index is 13.8. The van der Waals surface area contributed by atoms with Crippen LogP contribution in [-0.2, 0) is 14.6 Å². The second kappa shape index (κ2) is 7.12. The average molecular weight is 407 g/mol. The molecule has 0 spiro atoms. The molecule has 0 saturated carbocycles. The van der Waals surface area contributed by atoms with Gasteiger partial charge < -0.3 is 10.2 Å². The number of fused-ring (bicyclic) bond motifs is 1. The van der Waals surface area contributed by atoms with Gasteiger partial charge in [-0.25, -0.2) is 12.8 Å². The van der Waals surface area contributed by atoms with Crippen LogP contribution in [0.4, 0.5) is 4.39 Å². The minimum Gasteiger partial charge on any atom is -0.322 e. The monoisotopic (exact) mass is 407 g/mol. The van der Waals surface area contributed by atoms with Crippen LogP contribution >= 0.6 is 0 Å². The molecule has 0 radical (unpaired) electrons. The van der Waals surface area contributed by atoms with Gasteiger partial charge in [0.2, 0.25) is 5.91 Å². The summed E-state index contributed by atoms with van der Waals surface area (Å²) in [5.41, 5.74) is 0.314. The third-order valence-corrected chi connectivity index (χ3v) is 6.10. The summed E-state index contributed by atoms with van der Waals surface area (Å²) in [6, 6.07) is 1.28. The number of hydrogen-bond acceptors (Lipinski definition) is 5. The Morgan fingerprint density at radius 2 is 2.14 bits per heavy atom. The number of rotatable bonds is 5. The van der Waals surface area contributed by atoms with Gasteiger partial charge in [0.25, 0.3) is 5.91 Å². The van der Waals surface area contributed by atoms with Gasteiger partial charge in [-0.1, -0.05) is 19.9 Å². The molecular formula is C19H22FN3O4S. The number of amides is 2. The lowest BCUT2D eigenvalue weighted by Gasteiger charge is -2.26. The maximum Gasteiger partial charge on any atom is 0.258 e. The molecule has 1 fully saturated rings. The zero-order valence-electron chi connectivity index (χ0n) is 15.9. The van der Waals surface area contributed by atoms with Gasteiger partial charge in [-0.2, -0.15) is 0 Å².